The first-order valence-corrected chi connectivity index (χ1v) is 11.8. The van der Waals surface area contributed by atoms with Crippen molar-refractivity contribution in [1.82, 2.24) is 0 Å². The third-order valence-electron chi connectivity index (χ3n) is 4.84. The van der Waals surface area contributed by atoms with Gasteiger partial charge in [0.15, 0.2) is 26.5 Å². The molecule has 6 nitrogen and oxygen atoms in total. The Hall–Kier alpha value is -1.41. The summed E-state index contributed by atoms with van der Waals surface area (Å²) >= 11 is 1.72. The summed E-state index contributed by atoms with van der Waals surface area (Å²) in [6.07, 6.45) is 1.10. The highest BCUT2D eigenvalue weighted by molar-refractivity contribution is 8.14. The minimum Gasteiger partial charge on any atom is -0.486 e. The molecule has 3 heterocycles. The van der Waals surface area contributed by atoms with Crippen molar-refractivity contribution in [3.05, 3.63) is 18.2 Å². The lowest BCUT2D eigenvalue weighted by Crippen LogP contribution is -2.39. The van der Waals surface area contributed by atoms with Gasteiger partial charge in [0, 0.05) is 17.5 Å². The van der Waals surface area contributed by atoms with Crippen molar-refractivity contribution >= 4 is 32.5 Å². The molecule has 0 amide bonds. The third-order valence-corrected chi connectivity index (χ3v) is 7.54. The lowest BCUT2D eigenvalue weighted by molar-refractivity contribution is 0.171. The number of ether oxygens (including phenoxy) is 2. The molecule has 2 atom stereocenters. The van der Waals surface area contributed by atoms with Crippen molar-refractivity contribution in [2.75, 3.05) is 35.4 Å². The van der Waals surface area contributed by atoms with E-state index in [4.69, 9.17) is 14.5 Å². The van der Waals surface area contributed by atoms with Crippen LogP contribution in [0.1, 0.15) is 20.3 Å². The smallest absolute Gasteiger partial charge is 0.164 e. The summed E-state index contributed by atoms with van der Waals surface area (Å²) in [7, 11) is -3.04. The lowest BCUT2D eigenvalue weighted by atomic mass is 10.1. The van der Waals surface area contributed by atoms with Gasteiger partial charge in [-0.3, -0.25) is 4.99 Å². The van der Waals surface area contributed by atoms with E-state index in [1.807, 2.05) is 18.2 Å². The van der Waals surface area contributed by atoms with E-state index < -0.39 is 9.84 Å². The molecule has 0 aliphatic carbocycles. The molecule has 0 radical (unpaired) electrons. The first-order chi connectivity index (χ1) is 12.4. The number of aliphatic imine (C=N–C) groups is 1. The second-order valence-electron chi connectivity index (χ2n) is 7.35. The summed E-state index contributed by atoms with van der Waals surface area (Å²) in [5.74, 6) is 3.36. The number of fused-ring (bicyclic) bond motifs is 2. The van der Waals surface area contributed by atoms with Crippen molar-refractivity contribution in [3.8, 4) is 11.5 Å². The van der Waals surface area contributed by atoms with Gasteiger partial charge >= 0.3 is 0 Å². The van der Waals surface area contributed by atoms with Crippen molar-refractivity contribution in [2.45, 2.75) is 32.4 Å². The fraction of sp³-hybridized carbons (Fsp3) is 0.611. The summed E-state index contributed by atoms with van der Waals surface area (Å²) in [6.45, 7) is 5.49. The van der Waals surface area contributed by atoms with Crippen LogP contribution in [-0.4, -0.2) is 56.1 Å². The number of rotatable bonds is 4. The van der Waals surface area contributed by atoms with Gasteiger partial charge in [-0.15, -0.1) is 0 Å². The standard InChI is InChI=1S/C18H24N2O4S2/c1-12(2)5-8-25-18-19-14-10-26(21,22)11-15(14)20(18)13-3-4-16-17(9-13)24-7-6-23-16/h3-4,9,12,14-15H,5-8,10-11H2,1-2H3/t14-,15-/m0/s1. The summed E-state index contributed by atoms with van der Waals surface area (Å²) in [5.41, 5.74) is 0.926. The van der Waals surface area contributed by atoms with Crippen LogP contribution < -0.4 is 14.4 Å². The van der Waals surface area contributed by atoms with Crippen LogP contribution in [0.15, 0.2) is 23.2 Å². The third kappa shape index (κ3) is 3.53. The van der Waals surface area contributed by atoms with Gasteiger partial charge in [-0.2, -0.15) is 0 Å². The highest BCUT2D eigenvalue weighted by Gasteiger charge is 2.47. The molecule has 8 heteroatoms. The zero-order valence-corrected chi connectivity index (χ0v) is 16.7. The minimum absolute atomic E-state index is 0.121. The number of thioether (sulfide) groups is 1. The number of benzene rings is 1. The van der Waals surface area contributed by atoms with E-state index in [9.17, 15) is 8.42 Å². The average molecular weight is 397 g/mol. The molecule has 0 saturated carbocycles. The Balaban J connectivity index is 1.63. The van der Waals surface area contributed by atoms with Crippen LogP contribution >= 0.6 is 11.8 Å². The molecular formula is C18H24N2O4S2. The van der Waals surface area contributed by atoms with Gasteiger partial charge in [-0.05, 0) is 24.5 Å². The first-order valence-electron chi connectivity index (χ1n) is 9.03. The molecule has 1 aromatic rings. The zero-order chi connectivity index (χ0) is 18.3. The second-order valence-corrected chi connectivity index (χ2v) is 10.6. The molecule has 0 bridgehead atoms. The number of nitrogens with zero attached hydrogens (tertiary/aromatic N) is 2. The van der Waals surface area contributed by atoms with Crippen molar-refractivity contribution in [1.29, 1.82) is 0 Å². The van der Waals surface area contributed by atoms with E-state index >= 15 is 0 Å². The molecule has 1 saturated heterocycles. The van der Waals surface area contributed by atoms with E-state index in [0.717, 1.165) is 28.8 Å². The Bertz CT molecular complexity index is 822. The van der Waals surface area contributed by atoms with Crippen molar-refractivity contribution in [2.24, 2.45) is 10.9 Å². The second kappa shape index (κ2) is 6.96. The van der Waals surface area contributed by atoms with Crippen LogP contribution in [0.5, 0.6) is 11.5 Å². The molecule has 4 rings (SSSR count). The maximum absolute atomic E-state index is 12.1. The molecular weight excluding hydrogens is 372 g/mol. The predicted octanol–water partition coefficient (Wildman–Crippen LogP) is 2.58. The molecule has 3 aliphatic rings. The molecule has 0 aromatic heterocycles. The topological polar surface area (TPSA) is 68.2 Å². The summed E-state index contributed by atoms with van der Waals surface area (Å²) in [5, 5.41) is 0.923. The molecule has 0 N–H and O–H groups in total. The van der Waals surface area contributed by atoms with Gasteiger partial charge in [0.1, 0.15) is 13.2 Å². The summed E-state index contributed by atoms with van der Waals surface area (Å²) < 4.78 is 35.5. The number of hydrogen-bond donors (Lipinski definition) is 0. The Labute approximate surface area is 158 Å². The minimum atomic E-state index is -3.04. The van der Waals surface area contributed by atoms with Gasteiger partial charge < -0.3 is 14.4 Å². The molecule has 26 heavy (non-hydrogen) atoms. The number of anilines is 1. The van der Waals surface area contributed by atoms with Crippen LogP contribution in [0.25, 0.3) is 0 Å². The Morgan fingerprint density at radius 3 is 2.77 bits per heavy atom. The van der Waals surface area contributed by atoms with E-state index in [1.165, 1.54) is 0 Å². The molecule has 3 aliphatic heterocycles. The fourth-order valence-electron chi connectivity index (χ4n) is 3.50. The molecule has 1 fully saturated rings. The zero-order valence-electron chi connectivity index (χ0n) is 15.1. The molecule has 1 aromatic carbocycles. The van der Waals surface area contributed by atoms with Gasteiger partial charge in [0.05, 0.1) is 23.6 Å². The predicted molar refractivity (Wildman–Crippen MR) is 105 cm³/mol. The average Bonchev–Trinajstić information content (AvgIpc) is 3.05. The Kier molecular flexibility index (Phi) is 4.81. The van der Waals surface area contributed by atoms with E-state index in [1.54, 1.807) is 11.8 Å². The molecule has 142 valence electrons. The number of hydrogen-bond acceptors (Lipinski definition) is 7. The quantitative estimate of drug-likeness (QED) is 0.779. The van der Waals surface area contributed by atoms with E-state index in [-0.39, 0.29) is 23.6 Å². The number of amidine groups is 1. The van der Waals surface area contributed by atoms with Gasteiger partial charge in [0.25, 0.3) is 0 Å². The number of sulfone groups is 1. The maximum atomic E-state index is 12.1. The summed E-state index contributed by atoms with van der Waals surface area (Å²) in [4.78, 5) is 6.86. The maximum Gasteiger partial charge on any atom is 0.164 e. The van der Waals surface area contributed by atoms with Crippen LogP contribution in [-0.2, 0) is 9.84 Å². The Morgan fingerprint density at radius 2 is 2.00 bits per heavy atom. The summed E-state index contributed by atoms with van der Waals surface area (Å²) in [6, 6.07) is 5.52. The van der Waals surface area contributed by atoms with Crippen LogP contribution in [0, 0.1) is 5.92 Å². The Morgan fingerprint density at radius 1 is 1.23 bits per heavy atom. The largest absolute Gasteiger partial charge is 0.486 e. The van der Waals surface area contributed by atoms with Gasteiger partial charge in [-0.1, -0.05) is 25.6 Å². The SMILES string of the molecule is CC(C)CCSC1=N[C@H]2CS(=O)(=O)C[C@@H]2N1c1ccc2c(c1)OCCO2. The normalized spacial score (nSPS) is 26.1. The van der Waals surface area contributed by atoms with E-state index in [2.05, 4.69) is 18.7 Å². The van der Waals surface area contributed by atoms with Gasteiger partial charge in [-0.25, -0.2) is 8.42 Å². The van der Waals surface area contributed by atoms with Crippen molar-refractivity contribution in [3.63, 3.8) is 0 Å². The lowest BCUT2D eigenvalue weighted by Gasteiger charge is -2.28. The van der Waals surface area contributed by atoms with Crippen LogP contribution in [0.2, 0.25) is 0 Å². The highest BCUT2D eigenvalue weighted by Crippen LogP contribution is 2.40. The molecule has 0 unspecified atom stereocenters. The van der Waals surface area contributed by atoms with Crippen LogP contribution in [0.4, 0.5) is 5.69 Å². The van der Waals surface area contributed by atoms with Crippen molar-refractivity contribution < 1.29 is 17.9 Å². The van der Waals surface area contributed by atoms with Crippen LogP contribution in [0.3, 0.4) is 0 Å². The monoisotopic (exact) mass is 396 g/mol. The molecule has 0 spiro atoms. The fourth-order valence-corrected chi connectivity index (χ4v) is 6.71. The van der Waals surface area contributed by atoms with Gasteiger partial charge in [0.2, 0.25) is 0 Å². The first kappa shape index (κ1) is 18.0. The van der Waals surface area contributed by atoms with E-state index in [0.29, 0.717) is 24.9 Å². The highest BCUT2D eigenvalue weighted by atomic mass is 32.2.